The van der Waals surface area contributed by atoms with Crippen molar-refractivity contribution in [3.05, 3.63) is 64.0 Å². The lowest BCUT2D eigenvalue weighted by Gasteiger charge is -2.30. The summed E-state index contributed by atoms with van der Waals surface area (Å²) in [4.78, 5) is 26.1. The Bertz CT molecular complexity index is 802. The number of fused-ring (bicyclic) bond motifs is 1. The predicted octanol–water partition coefficient (Wildman–Crippen LogP) is 2.57. The number of amides is 1. The molecule has 0 radical (unpaired) electrons. The van der Waals surface area contributed by atoms with Gasteiger partial charge in [0.2, 0.25) is 0 Å². The number of para-hydroxylation sites is 1. The van der Waals surface area contributed by atoms with Gasteiger partial charge < -0.3 is 14.8 Å². The standard InChI is InChI=1S/C17H12ClNO3S/c18-12-7-5-11(6-8-12)9-15-17(22)19(10-16(20)21)13-3-1-2-4-14(13)23-15/h1-9H,10H2,(H,20,21)/p-1. The van der Waals surface area contributed by atoms with Gasteiger partial charge in [0.15, 0.2) is 0 Å². The zero-order valence-electron chi connectivity index (χ0n) is 11.9. The fourth-order valence-corrected chi connectivity index (χ4v) is 3.44. The lowest BCUT2D eigenvalue weighted by molar-refractivity contribution is -0.303. The number of carboxylic acid groups (broad SMARTS) is 1. The van der Waals surface area contributed by atoms with Gasteiger partial charge in [-0.15, -0.1) is 0 Å². The topological polar surface area (TPSA) is 60.4 Å². The molecule has 2 aromatic rings. The molecule has 0 unspecified atom stereocenters. The molecule has 0 aromatic heterocycles. The van der Waals surface area contributed by atoms with Crippen molar-refractivity contribution in [2.75, 3.05) is 11.4 Å². The average molecular weight is 345 g/mol. The first kappa shape index (κ1) is 15.6. The molecule has 23 heavy (non-hydrogen) atoms. The number of carboxylic acids is 1. The number of carbonyl (C=O) groups is 2. The maximum atomic E-state index is 12.6. The Morgan fingerprint density at radius 1 is 1.17 bits per heavy atom. The molecule has 116 valence electrons. The third kappa shape index (κ3) is 3.41. The van der Waals surface area contributed by atoms with Crippen LogP contribution in [0.3, 0.4) is 0 Å². The highest BCUT2D eigenvalue weighted by Crippen LogP contribution is 2.41. The molecule has 6 heteroatoms. The molecule has 1 heterocycles. The fraction of sp³-hybridized carbons (Fsp3) is 0.0588. The molecule has 0 fully saturated rings. The lowest BCUT2D eigenvalue weighted by Crippen LogP contribution is -2.43. The van der Waals surface area contributed by atoms with Crippen LogP contribution in [0.2, 0.25) is 5.02 Å². The predicted molar refractivity (Wildman–Crippen MR) is 89.1 cm³/mol. The second-order valence-corrected chi connectivity index (χ2v) is 6.41. The van der Waals surface area contributed by atoms with Crippen molar-refractivity contribution in [1.29, 1.82) is 0 Å². The van der Waals surface area contributed by atoms with Crippen molar-refractivity contribution in [1.82, 2.24) is 0 Å². The Hall–Kier alpha value is -2.24. The molecular formula is C17H11ClNO3S-. The Morgan fingerprint density at radius 3 is 2.57 bits per heavy atom. The average Bonchev–Trinajstić information content (AvgIpc) is 2.53. The smallest absolute Gasteiger partial charge is 0.265 e. The largest absolute Gasteiger partial charge is 0.548 e. The summed E-state index contributed by atoms with van der Waals surface area (Å²) in [5, 5.41) is 11.6. The summed E-state index contributed by atoms with van der Waals surface area (Å²) in [5.41, 5.74) is 1.40. The van der Waals surface area contributed by atoms with Gasteiger partial charge in [0.05, 0.1) is 23.1 Å². The summed E-state index contributed by atoms with van der Waals surface area (Å²) in [7, 11) is 0. The molecule has 0 bridgehead atoms. The van der Waals surface area contributed by atoms with Gasteiger partial charge >= 0.3 is 0 Å². The normalized spacial score (nSPS) is 15.6. The van der Waals surface area contributed by atoms with Crippen LogP contribution in [0.5, 0.6) is 0 Å². The molecule has 4 nitrogen and oxygen atoms in total. The first-order valence-electron chi connectivity index (χ1n) is 6.80. The number of halogens is 1. The minimum atomic E-state index is -1.30. The molecule has 1 aliphatic heterocycles. The van der Waals surface area contributed by atoms with Crippen LogP contribution in [0.25, 0.3) is 6.08 Å². The number of hydrogen-bond donors (Lipinski definition) is 0. The van der Waals surface area contributed by atoms with E-state index in [1.54, 1.807) is 42.5 Å². The minimum absolute atomic E-state index is 0.354. The zero-order chi connectivity index (χ0) is 16.4. The number of nitrogens with zero attached hydrogens (tertiary/aromatic N) is 1. The van der Waals surface area contributed by atoms with E-state index >= 15 is 0 Å². The van der Waals surface area contributed by atoms with Gasteiger partial charge in [0.1, 0.15) is 0 Å². The lowest BCUT2D eigenvalue weighted by atomic mass is 10.2. The van der Waals surface area contributed by atoms with Crippen LogP contribution >= 0.6 is 23.4 Å². The monoisotopic (exact) mass is 344 g/mol. The summed E-state index contributed by atoms with van der Waals surface area (Å²) in [6.07, 6.45) is 1.72. The molecule has 1 aliphatic rings. The van der Waals surface area contributed by atoms with Gasteiger partial charge in [0, 0.05) is 9.92 Å². The summed E-state index contributed by atoms with van der Waals surface area (Å²) in [6.45, 7) is -0.478. The van der Waals surface area contributed by atoms with E-state index in [-0.39, 0.29) is 5.91 Å². The summed E-state index contributed by atoms with van der Waals surface area (Å²) in [6, 6.07) is 14.3. The Kier molecular flexibility index (Phi) is 4.41. The number of carbonyl (C=O) groups excluding carboxylic acids is 2. The van der Waals surface area contributed by atoms with E-state index < -0.39 is 12.5 Å². The third-order valence-electron chi connectivity index (χ3n) is 3.29. The fourth-order valence-electron chi connectivity index (χ4n) is 2.26. The SMILES string of the molecule is O=C([O-])CN1C(=O)C(=Cc2ccc(Cl)cc2)Sc2ccccc21. The minimum Gasteiger partial charge on any atom is -0.548 e. The molecule has 1 amide bonds. The summed E-state index contributed by atoms with van der Waals surface area (Å²) >= 11 is 7.18. The van der Waals surface area contributed by atoms with Crippen LogP contribution in [-0.2, 0) is 9.59 Å². The molecule has 0 saturated carbocycles. The Balaban J connectivity index is 2.01. The number of thioether (sulfide) groups is 1. The third-order valence-corrected chi connectivity index (χ3v) is 4.62. The molecule has 0 spiro atoms. The summed E-state index contributed by atoms with van der Waals surface area (Å²) < 4.78 is 0. The molecule has 0 saturated heterocycles. The maximum Gasteiger partial charge on any atom is 0.265 e. The first-order chi connectivity index (χ1) is 11.0. The van der Waals surface area contributed by atoms with Gasteiger partial charge in [-0.25, -0.2) is 0 Å². The van der Waals surface area contributed by atoms with Gasteiger partial charge in [-0.05, 0) is 35.9 Å². The number of anilines is 1. The van der Waals surface area contributed by atoms with Crippen molar-refractivity contribution < 1.29 is 14.7 Å². The summed E-state index contributed by atoms with van der Waals surface area (Å²) in [5.74, 6) is -1.65. The van der Waals surface area contributed by atoms with E-state index in [4.69, 9.17) is 11.6 Å². The van der Waals surface area contributed by atoms with Crippen molar-refractivity contribution in [3.8, 4) is 0 Å². The molecule has 2 aromatic carbocycles. The van der Waals surface area contributed by atoms with Crippen LogP contribution in [-0.4, -0.2) is 18.4 Å². The van der Waals surface area contributed by atoms with Crippen molar-refractivity contribution in [2.24, 2.45) is 0 Å². The van der Waals surface area contributed by atoms with Gasteiger partial charge in [-0.3, -0.25) is 4.79 Å². The van der Waals surface area contributed by atoms with Crippen molar-refractivity contribution >= 4 is 47.0 Å². The first-order valence-corrected chi connectivity index (χ1v) is 8.00. The molecular weight excluding hydrogens is 334 g/mol. The number of rotatable bonds is 3. The van der Waals surface area contributed by atoms with E-state index in [9.17, 15) is 14.7 Å². The molecule has 0 aliphatic carbocycles. The molecule has 3 rings (SSSR count). The van der Waals surface area contributed by atoms with E-state index in [0.29, 0.717) is 15.6 Å². The highest BCUT2D eigenvalue weighted by molar-refractivity contribution is 8.04. The van der Waals surface area contributed by atoms with Crippen molar-refractivity contribution in [2.45, 2.75) is 4.90 Å². The van der Waals surface area contributed by atoms with E-state index in [1.807, 2.05) is 12.1 Å². The van der Waals surface area contributed by atoms with Crippen LogP contribution in [0, 0.1) is 0 Å². The van der Waals surface area contributed by atoms with Crippen LogP contribution in [0.15, 0.2) is 58.3 Å². The van der Waals surface area contributed by atoms with Crippen LogP contribution in [0.4, 0.5) is 5.69 Å². The highest BCUT2D eigenvalue weighted by atomic mass is 35.5. The maximum absolute atomic E-state index is 12.6. The number of benzene rings is 2. The second kappa shape index (κ2) is 6.48. The molecule has 0 N–H and O–H groups in total. The Labute approximate surface area is 142 Å². The number of hydrogen-bond acceptors (Lipinski definition) is 4. The van der Waals surface area contributed by atoms with E-state index in [0.717, 1.165) is 10.5 Å². The zero-order valence-corrected chi connectivity index (χ0v) is 13.4. The van der Waals surface area contributed by atoms with Gasteiger partial charge in [-0.2, -0.15) is 0 Å². The van der Waals surface area contributed by atoms with Crippen LogP contribution in [0.1, 0.15) is 5.56 Å². The molecule has 0 atom stereocenters. The van der Waals surface area contributed by atoms with E-state index in [1.165, 1.54) is 16.7 Å². The highest BCUT2D eigenvalue weighted by Gasteiger charge is 2.28. The van der Waals surface area contributed by atoms with Gasteiger partial charge in [-0.1, -0.05) is 47.6 Å². The van der Waals surface area contributed by atoms with E-state index in [2.05, 4.69) is 0 Å². The van der Waals surface area contributed by atoms with Gasteiger partial charge in [0.25, 0.3) is 5.91 Å². The number of aliphatic carboxylic acids is 1. The second-order valence-electron chi connectivity index (χ2n) is 4.89. The van der Waals surface area contributed by atoms with Crippen LogP contribution < -0.4 is 10.0 Å². The quantitative estimate of drug-likeness (QED) is 0.803. The van der Waals surface area contributed by atoms with Crippen molar-refractivity contribution in [3.63, 3.8) is 0 Å². The Morgan fingerprint density at radius 2 is 1.87 bits per heavy atom.